The first-order chi connectivity index (χ1) is 17.0. The Morgan fingerprint density at radius 1 is 0.857 bits per heavy atom. The Morgan fingerprint density at radius 2 is 1.57 bits per heavy atom. The van der Waals surface area contributed by atoms with Crippen LogP contribution < -0.4 is 25.0 Å². The quantitative estimate of drug-likeness (QED) is 0.239. The van der Waals surface area contributed by atoms with Crippen LogP contribution in [0.2, 0.25) is 5.02 Å². The van der Waals surface area contributed by atoms with Gasteiger partial charge in [-0.25, -0.2) is 5.43 Å². The number of halogens is 1. The molecule has 35 heavy (non-hydrogen) atoms. The first-order valence-corrected chi connectivity index (χ1v) is 11.4. The molecule has 0 fully saturated rings. The summed E-state index contributed by atoms with van der Waals surface area (Å²) in [5.74, 6) is 0.0328. The van der Waals surface area contributed by atoms with Gasteiger partial charge in [-0.2, -0.15) is 5.10 Å². The van der Waals surface area contributed by atoms with Crippen LogP contribution in [0, 0.1) is 0 Å². The van der Waals surface area contributed by atoms with Crippen LogP contribution >= 0.6 is 11.6 Å². The van der Waals surface area contributed by atoms with Crippen molar-refractivity contribution in [1.82, 2.24) is 5.43 Å². The molecule has 3 aromatic rings. The summed E-state index contributed by atoms with van der Waals surface area (Å²) in [4.78, 5) is 24.1. The molecule has 0 aliphatic rings. The lowest BCUT2D eigenvalue weighted by atomic mass is 10.2. The Hall–Kier alpha value is -4.04. The van der Waals surface area contributed by atoms with Crippen molar-refractivity contribution in [3.63, 3.8) is 0 Å². The Labute approximate surface area is 208 Å². The van der Waals surface area contributed by atoms with Gasteiger partial charge in [-0.05, 0) is 79.6 Å². The van der Waals surface area contributed by atoms with Crippen molar-refractivity contribution in [1.29, 1.82) is 0 Å². The van der Waals surface area contributed by atoms with E-state index in [0.717, 1.165) is 5.56 Å². The summed E-state index contributed by atoms with van der Waals surface area (Å²) >= 11 is 5.92. The highest BCUT2D eigenvalue weighted by Gasteiger charge is 2.13. The minimum Gasteiger partial charge on any atom is -0.494 e. The predicted molar refractivity (Wildman–Crippen MR) is 135 cm³/mol. The molecule has 0 unspecified atom stereocenters. The number of carbonyl (C=O) groups is 2. The van der Waals surface area contributed by atoms with Crippen molar-refractivity contribution in [3.05, 3.63) is 82.9 Å². The van der Waals surface area contributed by atoms with Gasteiger partial charge in [0.05, 0.1) is 19.4 Å². The molecular formula is C26H26ClN3O5. The van der Waals surface area contributed by atoms with Crippen LogP contribution in [0.4, 0.5) is 5.69 Å². The van der Waals surface area contributed by atoms with E-state index in [-0.39, 0.29) is 0 Å². The predicted octanol–water partition coefficient (Wildman–Crippen LogP) is 4.81. The van der Waals surface area contributed by atoms with Gasteiger partial charge in [0.1, 0.15) is 12.4 Å². The van der Waals surface area contributed by atoms with E-state index in [1.54, 1.807) is 54.6 Å². The molecule has 3 aromatic carbocycles. The largest absolute Gasteiger partial charge is 0.494 e. The lowest BCUT2D eigenvalue weighted by Gasteiger charge is -2.12. The smallest absolute Gasteiger partial charge is 0.329 e. The number of anilines is 1. The monoisotopic (exact) mass is 495 g/mol. The van der Waals surface area contributed by atoms with Gasteiger partial charge in [0.25, 0.3) is 0 Å². The summed E-state index contributed by atoms with van der Waals surface area (Å²) in [7, 11) is 0. The zero-order valence-corrected chi connectivity index (χ0v) is 20.2. The van der Waals surface area contributed by atoms with E-state index in [2.05, 4.69) is 15.8 Å². The number of carbonyl (C=O) groups excluding carboxylic acids is 2. The summed E-state index contributed by atoms with van der Waals surface area (Å²) in [6.45, 7) is 5.08. The average Bonchev–Trinajstić information content (AvgIpc) is 2.86. The van der Waals surface area contributed by atoms with Crippen LogP contribution in [-0.4, -0.2) is 31.2 Å². The molecule has 0 saturated heterocycles. The highest BCUT2D eigenvalue weighted by molar-refractivity contribution is 6.39. The highest BCUT2D eigenvalue weighted by Crippen LogP contribution is 2.29. The number of hydrogen-bond acceptors (Lipinski definition) is 6. The lowest BCUT2D eigenvalue weighted by molar-refractivity contribution is -0.136. The van der Waals surface area contributed by atoms with Crippen LogP contribution in [0.5, 0.6) is 17.2 Å². The van der Waals surface area contributed by atoms with Gasteiger partial charge in [-0.3, -0.25) is 9.59 Å². The molecule has 0 spiro atoms. The summed E-state index contributed by atoms with van der Waals surface area (Å²) < 4.78 is 16.9. The number of nitrogens with zero attached hydrogens (tertiary/aromatic N) is 1. The van der Waals surface area contributed by atoms with Gasteiger partial charge in [0.15, 0.2) is 11.5 Å². The molecular weight excluding hydrogens is 470 g/mol. The van der Waals surface area contributed by atoms with Gasteiger partial charge >= 0.3 is 11.8 Å². The first-order valence-electron chi connectivity index (χ1n) is 11.0. The van der Waals surface area contributed by atoms with E-state index in [4.69, 9.17) is 25.8 Å². The summed E-state index contributed by atoms with van der Waals surface area (Å²) in [6.07, 6.45) is 1.41. The maximum atomic E-state index is 12.1. The van der Waals surface area contributed by atoms with Crippen molar-refractivity contribution in [2.45, 2.75) is 20.5 Å². The zero-order chi connectivity index (χ0) is 25.0. The third-order valence-electron chi connectivity index (χ3n) is 4.58. The van der Waals surface area contributed by atoms with Gasteiger partial charge < -0.3 is 19.5 Å². The molecule has 182 valence electrons. The second-order valence-corrected chi connectivity index (χ2v) is 7.60. The Kier molecular flexibility index (Phi) is 9.50. The van der Waals surface area contributed by atoms with Gasteiger partial charge in [0.2, 0.25) is 0 Å². The Balaban J connectivity index is 1.56. The second-order valence-electron chi connectivity index (χ2n) is 7.16. The fraction of sp³-hybridized carbons (Fsp3) is 0.192. The van der Waals surface area contributed by atoms with E-state index >= 15 is 0 Å². The number of benzene rings is 3. The molecule has 9 heteroatoms. The summed E-state index contributed by atoms with van der Waals surface area (Å²) in [5.41, 5.74) is 4.30. The molecule has 3 rings (SSSR count). The molecule has 0 aromatic heterocycles. The lowest BCUT2D eigenvalue weighted by Crippen LogP contribution is -2.32. The molecule has 2 amide bonds. The number of ether oxygens (including phenoxy) is 3. The maximum absolute atomic E-state index is 12.1. The van der Waals surface area contributed by atoms with Crippen LogP contribution in [0.15, 0.2) is 71.8 Å². The van der Waals surface area contributed by atoms with Crippen molar-refractivity contribution in [3.8, 4) is 17.2 Å². The van der Waals surface area contributed by atoms with E-state index in [9.17, 15) is 9.59 Å². The van der Waals surface area contributed by atoms with Crippen LogP contribution in [0.25, 0.3) is 0 Å². The minimum absolute atomic E-state index is 0.351. The number of nitrogens with one attached hydrogen (secondary N) is 2. The second kappa shape index (κ2) is 13.0. The maximum Gasteiger partial charge on any atom is 0.329 e. The average molecular weight is 496 g/mol. The summed E-state index contributed by atoms with van der Waals surface area (Å²) in [6, 6.07) is 19.3. The van der Waals surface area contributed by atoms with E-state index in [1.807, 2.05) is 26.0 Å². The van der Waals surface area contributed by atoms with Crippen LogP contribution in [-0.2, 0) is 16.2 Å². The first kappa shape index (κ1) is 25.6. The third-order valence-corrected chi connectivity index (χ3v) is 4.84. The van der Waals surface area contributed by atoms with E-state index in [0.29, 0.717) is 53.3 Å². The molecule has 0 saturated carbocycles. The molecule has 0 heterocycles. The molecule has 0 aliphatic heterocycles. The van der Waals surface area contributed by atoms with Gasteiger partial charge in [0, 0.05) is 10.7 Å². The van der Waals surface area contributed by atoms with Crippen LogP contribution in [0.3, 0.4) is 0 Å². The van der Waals surface area contributed by atoms with Crippen molar-refractivity contribution in [2.75, 3.05) is 18.5 Å². The van der Waals surface area contributed by atoms with E-state index in [1.165, 1.54) is 6.21 Å². The molecule has 0 aliphatic carbocycles. The molecule has 2 N–H and O–H groups in total. The summed E-state index contributed by atoms with van der Waals surface area (Å²) in [5, 5.41) is 7.02. The fourth-order valence-corrected chi connectivity index (χ4v) is 3.07. The highest BCUT2D eigenvalue weighted by atomic mass is 35.5. The van der Waals surface area contributed by atoms with Crippen molar-refractivity contribution < 1.29 is 23.8 Å². The number of hydrazone groups is 1. The Morgan fingerprint density at radius 3 is 2.26 bits per heavy atom. The zero-order valence-electron chi connectivity index (χ0n) is 19.4. The Bertz CT molecular complexity index is 1160. The third kappa shape index (κ3) is 8.04. The van der Waals surface area contributed by atoms with Crippen molar-refractivity contribution in [2.24, 2.45) is 5.10 Å². The molecule has 0 bridgehead atoms. The van der Waals surface area contributed by atoms with Crippen molar-refractivity contribution >= 4 is 35.3 Å². The minimum atomic E-state index is -0.900. The van der Waals surface area contributed by atoms with Gasteiger partial charge in [-0.15, -0.1) is 0 Å². The molecule has 0 atom stereocenters. The van der Waals surface area contributed by atoms with Crippen LogP contribution in [0.1, 0.15) is 25.0 Å². The van der Waals surface area contributed by atoms with E-state index < -0.39 is 11.8 Å². The fourth-order valence-electron chi connectivity index (χ4n) is 2.94. The number of hydrogen-bond donors (Lipinski definition) is 2. The topological polar surface area (TPSA) is 98.2 Å². The standard InChI is InChI=1S/C26H26ClN3O5/c1-3-33-22-12-10-21(11-13-22)29-25(31)26(32)30-28-16-19-7-14-23(24(15-19)34-4-2)35-17-18-5-8-20(27)9-6-18/h5-16H,3-4,17H2,1-2H3,(H,29,31)(H,30,32)/b28-16+. The number of amides is 2. The SMILES string of the molecule is CCOc1ccc(NC(=O)C(=O)N/N=C/c2ccc(OCc3ccc(Cl)cc3)c(OCC)c2)cc1. The molecule has 0 radical (unpaired) electrons. The normalized spacial score (nSPS) is 10.6. The molecule has 8 nitrogen and oxygen atoms in total. The van der Waals surface area contributed by atoms with Gasteiger partial charge in [-0.1, -0.05) is 23.7 Å². The number of rotatable bonds is 10.